The van der Waals surface area contributed by atoms with Gasteiger partial charge in [-0.05, 0) is 6.42 Å². The van der Waals surface area contributed by atoms with Gasteiger partial charge in [0, 0.05) is 20.3 Å². The number of ether oxygens (including phenoxy) is 2. The first-order valence-corrected chi connectivity index (χ1v) is 5.68. The van der Waals surface area contributed by atoms with E-state index in [1.54, 1.807) is 14.2 Å². The fraction of sp³-hybridized carbons (Fsp3) is 0.909. The van der Waals surface area contributed by atoms with E-state index in [9.17, 15) is 4.79 Å². The third-order valence-corrected chi connectivity index (χ3v) is 2.39. The Morgan fingerprint density at radius 1 is 1.31 bits per heavy atom. The van der Waals surface area contributed by atoms with Gasteiger partial charge < -0.3 is 15.2 Å². The fourth-order valence-corrected chi connectivity index (χ4v) is 1.53. The summed E-state index contributed by atoms with van der Waals surface area (Å²) >= 11 is 0. The molecule has 2 unspecified atom stereocenters. The molecule has 0 rings (SSSR count). The van der Waals surface area contributed by atoms with E-state index < -0.39 is 6.04 Å². The van der Waals surface area contributed by atoms with Crippen molar-refractivity contribution in [1.29, 1.82) is 0 Å². The summed E-state index contributed by atoms with van der Waals surface area (Å²) in [5.41, 5.74) is 5.27. The van der Waals surface area contributed by atoms with Crippen molar-refractivity contribution >= 4 is 5.91 Å². The lowest BCUT2D eigenvalue weighted by atomic mass is 10.1. The molecule has 5 nitrogen and oxygen atoms in total. The van der Waals surface area contributed by atoms with Gasteiger partial charge in [-0.25, -0.2) is 0 Å². The lowest BCUT2D eigenvalue weighted by molar-refractivity contribution is -0.121. The monoisotopic (exact) mass is 232 g/mol. The highest BCUT2D eigenvalue weighted by molar-refractivity contribution is 5.80. The van der Waals surface area contributed by atoms with E-state index >= 15 is 0 Å². The molecule has 0 aromatic carbocycles. The van der Waals surface area contributed by atoms with Crippen LogP contribution < -0.4 is 11.1 Å². The smallest absolute Gasteiger partial charge is 0.236 e. The average molecular weight is 232 g/mol. The molecule has 2 atom stereocenters. The molecule has 0 radical (unpaired) electrons. The van der Waals surface area contributed by atoms with Crippen molar-refractivity contribution in [3.05, 3.63) is 0 Å². The Morgan fingerprint density at radius 3 is 2.38 bits per heavy atom. The molecule has 0 saturated carbocycles. The summed E-state index contributed by atoms with van der Waals surface area (Å²) in [4.78, 5) is 11.1. The molecule has 0 fully saturated rings. The standard InChI is InChI=1S/C11H24N2O3/c1-4-5-6-9(7-15-2)13-10(8-16-3)11(12)14/h9-10,13H,4-8H2,1-3H3,(H2,12,14). The summed E-state index contributed by atoms with van der Waals surface area (Å²) in [5, 5.41) is 3.17. The van der Waals surface area contributed by atoms with Crippen LogP contribution in [-0.2, 0) is 14.3 Å². The number of methoxy groups -OCH3 is 2. The van der Waals surface area contributed by atoms with Crippen LogP contribution in [0, 0.1) is 0 Å². The Labute approximate surface area is 97.7 Å². The highest BCUT2D eigenvalue weighted by atomic mass is 16.5. The topological polar surface area (TPSA) is 73.6 Å². The highest BCUT2D eigenvalue weighted by Gasteiger charge is 2.19. The predicted molar refractivity (Wildman–Crippen MR) is 63.2 cm³/mol. The zero-order valence-corrected chi connectivity index (χ0v) is 10.5. The normalized spacial score (nSPS) is 14.7. The number of amides is 1. The number of primary amides is 1. The minimum absolute atomic E-state index is 0.151. The maximum atomic E-state index is 11.1. The van der Waals surface area contributed by atoms with Gasteiger partial charge in [-0.2, -0.15) is 0 Å². The quantitative estimate of drug-likeness (QED) is 0.567. The fourth-order valence-electron chi connectivity index (χ4n) is 1.53. The van der Waals surface area contributed by atoms with E-state index in [1.807, 2.05) is 0 Å². The maximum Gasteiger partial charge on any atom is 0.236 e. The Balaban J connectivity index is 4.14. The van der Waals surface area contributed by atoms with E-state index in [4.69, 9.17) is 15.2 Å². The first-order valence-electron chi connectivity index (χ1n) is 5.68. The van der Waals surface area contributed by atoms with Crippen LogP contribution in [0.1, 0.15) is 26.2 Å². The molecule has 0 heterocycles. The van der Waals surface area contributed by atoms with Crippen LogP contribution in [0.3, 0.4) is 0 Å². The largest absolute Gasteiger partial charge is 0.383 e. The molecular weight excluding hydrogens is 208 g/mol. The molecule has 16 heavy (non-hydrogen) atoms. The molecule has 0 aliphatic carbocycles. The van der Waals surface area contributed by atoms with Crippen molar-refractivity contribution in [2.24, 2.45) is 5.73 Å². The van der Waals surface area contributed by atoms with E-state index in [1.165, 1.54) is 0 Å². The zero-order valence-electron chi connectivity index (χ0n) is 10.5. The van der Waals surface area contributed by atoms with Crippen molar-refractivity contribution in [2.45, 2.75) is 38.3 Å². The lowest BCUT2D eigenvalue weighted by Gasteiger charge is -2.22. The summed E-state index contributed by atoms with van der Waals surface area (Å²) in [7, 11) is 3.20. The highest BCUT2D eigenvalue weighted by Crippen LogP contribution is 2.02. The zero-order chi connectivity index (χ0) is 12.4. The minimum atomic E-state index is -0.443. The van der Waals surface area contributed by atoms with Gasteiger partial charge >= 0.3 is 0 Å². The Morgan fingerprint density at radius 2 is 1.94 bits per heavy atom. The summed E-state index contributed by atoms with van der Waals surface area (Å²) in [6.45, 7) is 3.00. The SMILES string of the molecule is CCCCC(COC)NC(COC)C(N)=O. The lowest BCUT2D eigenvalue weighted by Crippen LogP contribution is -2.50. The number of nitrogens with two attached hydrogens (primary N) is 1. The van der Waals surface area contributed by atoms with Crippen molar-refractivity contribution in [3.8, 4) is 0 Å². The average Bonchev–Trinajstić information content (AvgIpc) is 2.25. The summed E-state index contributed by atoms with van der Waals surface area (Å²) in [5.74, 6) is -0.389. The van der Waals surface area contributed by atoms with Crippen molar-refractivity contribution in [1.82, 2.24) is 5.32 Å². The molecule has 0 aromatic rings. The molecule has 0 saturated heterocycles. The molecule has 0 bridgehead atoms. The molecule has 1 amide bonds. The molecular formula is C11H24N2O3. The maximum absolute atomic E-state index is 11.1. The molecule has 0 aliphatic heterocycles. The second-order valence-electron chi connectivity index (χ2n) is 3.87. The van der Waals surface area contributed by atoms with Crippen LogP contribution in [0.25, 0.3) is 0 Å². The van der Waals surface area contributed by atoms with Crippen molar-refractivity contribution in [2.75, 3.05) is 27.4 Å². The number of unbranched alkanes of at least 4 members (excludes halogenated alkanes) is 1. The van der Waals surface area contributed by atoms with Gasteiger partial charge in [0.1, 0.15) is 6.04 Å². The molecule has 0 aromatic heterocycles. The van der Waals surface area contributed by atoms with Crippen molar-refractivity contribution in [3.63, 3.8) is 0 Å². The second-order valence-corrected chi connectivity index (χ2v) is 3.87. The molecule has 0 aliphatic rings. The number of hydrogen-bond donors (Lipinski definition) is 2. The summed E-state index contributed by atoms with van der Waals surface area (Å²) in [6.07, 6.45) is 3.19. The number of rotatable bonds is 10. The summed E-state index contributed by atoms with van der Waals surface area (Å²) < 4.78 is 10.0. The van der Waals surface area contributed by atoms with E-state index in [0.29, 0.717) is 13.2 Å². The van der Waals surface area contributed by atoms with Gasteiger partial charge in [-0.1, -0.05) is 19.8 Å². The first-order chi connectivity index (χ1) is 7.65. The Hall–Kier alpha value is -0.650. The van der Waals surface area contributed by atoms with Gasteiger partial charge in [-0.15, -0.1) is 0 Å². The number of hydrogen-bond acceptors (Lipinski definition) is 4. The van der Waals surface area contributed by atoms with Gasteiger partial charge in [0.15, 0.2) is 0 Å². The third kappa shape index (κ3) is 6.76. The molecule has 5 heteroatoms. The number of carbonyl (C=O) groups excluding carboxylic acids is 1. The molecule has 96 valence electrons. The van der Waals surface area contributed by atoms with Gasteiger partial charge in [0.25, 0.3) is 0 Å². The Bertz CT molecular complexity index is 188. The van der Waals surface area contributed by atoms with Crippen LogP contribution in [-0.4, -0.2) is 45.4 Å². The number of nitrogens with one attached hydrogen (secondary N) is 1. The van der Waals surface area contributed by atoms with Gasteiger partial charge in [-0.3, -0.25) is 10.1 Å². The van der Waals surface area contributed by atoms with E-state index in [-0.39, 0.29) is 11.9 Å². The van der Waals surface area contributed by atoms with Gasteiger partial charge in [0.2, 0.25) is 5.91 Å². The summed E-state index contributed by atoms with van der Waals surface area (Å²) in [6, 6.07) is -0.292. The van der Waals surface area contributed by atoms with Crippen molar-refractivity contribution < 1.29 is 14.3 Å². The van der Waals surface area contributed by atoms with E-state index in [0.717, 1.165) is 19.3 Å². The Kier molecular flexibility index (Phi) is 9.18. The molecule has 0 spiro atoms. The van der Waals surface area contributed by atoms with Gasteiger partial charge in [0.05, 0.1) is 13.2 Å². The van der Waals surface area contributed by atoms with Crippen LogP contribution in [0.2, 0.25) is 0 Å². The minimum Gasteiger partial charge on any atom is -0.383 e. The predicted octanol–water partition coefficient (Wildman–Crippen LogP) is 0.282. The second kappa shape index (κ2) is 9.57. The first kappa shape index (κ1) is 15.3. The van der Waals surface area contributed by atoms with Crippen LogP contribution in [0.5, 0.6) is 0 Å². The van der Waals surface area contributed by atoms with E-state index in [2.05, 4.69) is 12.2 Å². The van der Waals surface area contributed by atoms with Crippen LogP contribution in [0.15, 0.2) is 0 Å². The third-order valence-electron chi connectivity index (χ3n) is 2.39. The molecule has 3 N–H and O–H groups in total. The van der Waals surface area contributed by atoms with Crippen LogP contribution in [0.4, 0.5) is 0 Å². The number of carbonyl (C=O) groups is 1. The van der Waals surface area contributed by atoms with Crippen LogP contribution >= 0.6 is 0 Å².